The molecular formula is C26H37N5O2. The zero-order valence-electron chi connectivity index (χ0n) is 19.6. The summed E-state index contributed by atoms with van der Waals surface area (Å²) in [5, 5.41) is 5.94. The molecule has 7 heteroatoms. The molecule has 0 bridgehead atoms. The number of nitrogens with zero attached hydrogens (tertiary/aromatic N) is 4. The molecule has 1 aromatic rings. The normalized spacial score (nSPS) is 22.1. The van der Waals surface area contributed by atoms with Crippen LogP contribution < -0.4 is 5.84 Å². The van der Waals surface area contributed by atoms with Crippen molar-refractivity contribution >= 4 is 18.2 Å². The second-order valence-corrected chi connectivity index (χ2v) is 9.46. The van der Waals surface area contributed by atoms with Crippen molar-refractivity contribution < 1.29 is 9.63 Å². The summed E-state index contributed by atoms with van der Waals surface area (Å²) in [7, 11) is 0. The number of fused-ring (bicyclic) bond motifs is 1. The van der Waals surface area contributed by atoms with Gasteiger partial charge < -0.3 is 10.6 Å². The first-order valence-electron chi connectivity index (χ1n) is 12.3. The van der Waals surface area contributed by atoms with E-state index in [4.69, 9.17) is 10.7 Å². The fourth-order valence-electron chi connectivity index (χ4n) is 4.88. The van der Waals surface area contributed by atoms with Gasteiger partial charge in [-0.05, 0) is 74.2 Å². The molecular weight excluding hydrogens is 414 g/mol. The Hall–Kier alpha value is -2.35. The highest BCUT2D eigenvalue weighted by atomic mass is 16.7. The number of hydrazone groups is 1. The molecule has 1 saturated carbocycles. The van der Waals surface area contributed by atoms with E-state index in [1.165, 1.54) is 36.0 Å². The number of carbonyl (C=O) groups is 1. The van der Waals surface area contributed by atoms with Gasteiger partial charge in [-0.2, -0.15) is 10.2 Å². The number of hydrogen-bond donors (Lipinski definition) is 1. The molecule has 1 saturated heterocycles. The third-order valence-corrected chi connectivity index (χ3v) is 7.28. The van der Waals surface area contributed by atoms with Gasteiger partial charge in [0.25, 0.3) is 0 Å². The second-order valence-electron chi connectivity index (χ2n) is 9.46. The molecule has 0 spiro atoms. The molecule has 0 aromatic heterocycles. The van der Waals surface area contributed by atoms with Crippen LogP contribution >= 0.6 is 0 Å². The van der Waals surface area contributed by atoms with E-state index in [-0.39, 0.29) is 6.04 Å². The zero-order chi connectivity index (χ0) is 23.0. The van der Waals surface area contributed by atoms with E-state index in [0.717, 1.165) is 57.4 Å². The van der Waals surface area contributed by atoms with Crippen LogP contribution in [0.5, 0.6) is 0 Å². The predicted octanol–water partition coefficient (Wildman–Crippen LogP) is 3.58. The second kappa shape index (κ2) is 11.7. The molecule has 7 nitrogen and oxygen atoms in total. The number of aliphatic imine (C=N–C) groups is 1. The minimum atomic E-state index is 0.0569. The van der Waals surface area contributed by atoms with Crippen LogP contribution in [-0.4, -0.2) is 59.9 Å². The van der Waals surface area contributed by atoms with Crippen LogP contribution in [0.3, 0.4) is 0 Å². The number of rotatable bonds is 10. The lowest BCUT2D eigenvalue weighted by molar-refractivity contribution is -0.204. The van der Waals surface area contributed by atoms with Crippen molar-refractivity contribution in [1.82, 2.24) is 9.96 Å². The van der Waals surface area contributed by atoms with Gasteiger partial charge in [0, 0.05) is 19.2 Å². The van der Waals surface area contributed by atoms with E-state index in [2.05, 4.69) is 39.8 Å². The summed E-state index contributed by atoms with van der Waals surface area (Å²) in [6.07, 6.45) is 11.9. The van der Waals surface area contributed by atoms with E-state index < -0.39 is 0 Å². The topological polar surface area (TPSA) is 83.5 Å². The molecule has 0 radical (unpaired) electrons. The number of nitrogens with two attached hydrogens (primary N) is 1. The highest BCUT2D eigenvalue weighted by Gasteiger charge is 2.26. The summed E-state index contributed by atoms with van der Waals surface area (Å²) in [6.45, 7) is 8.09. The van der Waals surface area contributed by atoms with Crippen LogP contribution in [-0.2, 0) is 22.8 Å². The summed E-state index contributed by atoms with van der Waals surface area (Å²) in [6, 6.07) is 7.39. The van der Waals surface area contributed by atoms with Gasteiger partial charge in [-0.3, -0.25) is 14.7 Å². The van der Waals surface area contributed by atoms with Crippen molar-refractivity contribution in [3.05, 3.63) is 47.5 Å². The van der Waals surface area contributed by atoms with Crippen molar-refractivity contribution in [2.45, 2.75) is 76.1 Å². The molecule has 178 valence electrons. The fourth-order valence-corrected chi connectivity index (χ4v) is 4.88. The molecule has 33 heavy (non-hydrogen) atoms. The first-order valence-corrected chi connectivity index (χ1v) is 12.3. The minimum Gasteiger partial charge on any atom is -0.323 e. The lowest BCUT2D eigenvalue weighted by atomic mass is 9.87. The van der Waals surface area contributed by atoms with Crippen molar-refractivity contribution in [1.29, 1.82) is 0 Å². The van der Waals surface area contributed by atoms with Gasteiger partial charge >= 0.3 is 0 Å². The number of hydroxylamine groups is 2. The number of benzene rings is 1. The summed E-state index contributed by atoms with van der Waals surface area (Å²) in [5.74, 6) is 6.19. The quantitative estimate of drug-likeness (QED) is 0.193. The summed E-state index contributed by atoms with van der Waals surface area (Å²) in [4.78, 5) is 23.8. The number of hydrogen-bond acceptors (Lipinski definition) is 7. The molecule has 0 amide bonds. The van der Waals surface area contributed by atoms with Crippen LogP contribution in [0.25, 0.3) is 0 Å². The minimum absolute atomic E-state index is 0.0569. The van der Waals surface area contributed by atoms with Gasteiger partial charge in [0.1, 0.15) is 6.29 Å². The van der Waals surface area contributed by atoms with Crippen LogP contribution in [0.4, 0.5) is 0 Å². The van der Waals surface area contributed by atoms with E-state index in [9.17, 15) is 4.79 Å². The van der Waals surface area contributed by atoms with Gasteiger partial charge in [0.05, 0.1) is 30.9 Å². The summed E-state index contributed by atoms with van der Waals surface area (Å²) in [5.41, 5.74) is 4.86. The molecule has 2 fully saturated rings. The van der Waals surface area contributed by atoms with E-state index >= 15 is 0 Å². The van der Waals surface area contributed by atoms with Gasteiger partial charge in [-0.15, -0.1) is 6.58 Å². The van der Waals surface area contributed by atoms with Crippen molar-refractivity contribution in [3.63, 3.8) is 0 Å². The average Bonchev–Trinajstić information content (AvgIpc) is 2.82. The van der Waals surface area contributed by atoms with Crippen LogP contribution in [0, 0.1) is 0 Å². The Morgan fingerprint density at radius 3 is 2.73 bits per heavy atom. The number of likely N-dealkylation sites (tertiary alicyclic amines) is 1. The highest BCUT2D eigenvalue weighted by Crippen LogP contribution is 2.32. The molecule has 4 rings (SSSR count). The Kier molecular flexibility index (Phi) is 8.42. The summed E-state index contributed by atoms with van der Waals surface area (Å²) >= 11 is 0. The Balaban J connectivity index is 1.32. The standard InChI is InChI=1S/C26H37N5O2/c1-2-26(7-4-14-32)31-17-23-15-21(8-9-22(23)19-33-31)20-10-12-30(13-11-20)18-25(29-27)16-28-24-5-3-6-24/h2,8-9,14-16,20,24,26H,1,3-7,10-13,17-19,27H2. The molecule has 2 heterocycles. The molecule has 3 aliphatic rings. The van der Waals surface area contributed by atoms with Crippen molar-refractivity contribution in [3.8, 4) is 0 Å². The molecule has 2 aliphatic heterocycles. The molecule has 2 N–H and O–H groups in total. The van der Waals surface area contributed by atoms with Crippen molar-refractivity contribution in [2.24, 2.45) is 15.9 Å². The van der Waals surface area contributed by atoms with E-state index in [1.54, 1.807) is 0 Å². The first kappa shape index (κ1) is 23.8. The van der Waals surface area contributed by atoms with Crippen LogP contribution in [0.1, 0.15) is 67.6 Å². The van der Waals surface area contributed by atoms with Gasteiger partial charge in [0.15, 0.2) is 0 Å². The smallest absolute Gasteiger partial charge is 0.120 e. The molecule has 1 atom stereocenters. The van der Waals surface area contributed by atoms with E-state index in [0.29, 0.717) is 25.0 Å². The molecule has 1 aliphatic carbocycles. The maximum Gasteiger partial charge on any atom is 0.120 e. The predicted molar refractivity (Wildman–Crippen MR) is 132 cm³/mol. The Bertz CT molecular complexity index is 871. The first-order chi connectivity index (χ1) is 16.2. The van der Waals surface area contributed by atoms with Gasteiger partial charge in [0.2, 0.25) is 0 Å². The zero-order valence-corrected chi connectivity index (χ0v) is 19.6. The molecule has 1 unspecified atom stereocenters. The Morgan fingerprint density at radius 1 is 1.24 bits per heavy atom. The van der Waals surface area contributed by atoms with Crippen LogP contribution in [0.2, 0.25) is 0 Å². The van der Waals surface area contributed by atoms with Crippen molar-refractivity contribution in [2.75, 3.05) is 19.6 Å². The summed E-state index contributed by atoms with van der Waals surface area (Å²) < 4.78 is 0. The third-order valence-electron chi connectivity index (χ3n) is 7.28. The van der Waals surface area contributed by atoms with Crippen LogP contribution in [0.15, 0.2) is 40.9 Å². The number of aldehydes is 1. The fraction of sp³-hybridized carbons (Fsp3) is 0.577. The maximum atomic E-state index is 10.8. The third kappa shape index (κ3) is 6.16. The van der Waals surface area contributed by atoms with Gasteiger partial charge in [-0.1, -0.05) is 24.3 Å². The Morgan fingerprint density at radius 2 is 2.06 bits per heavy atom. The lowest BCUT2D eigenvalue weighted by Gasteiger charge is -2.35. The average molecular weight is 452 g/mol. The highest BCUT2D eigenvalue weighted by molar-refractivity contribution is 6.31. The number of carbonyl (C=O) groups excluding carboxylic acids is 1. The lowest BCUT2D eigenvalue weighted by Crippen LogP contribution is -2.38. The largest absolute Gasteiger partial charge is 0.323 e. The van der Waals surface area contributed by atoms with Gasteiger partial charge in [-0.25, -0.2) is 0 Å². The monoisotopic (exact) mass is 451 g/mol. The maximum absolute atomic E-state index is 10.8. The van der Waals surface area contributed by atoms with E-state index in [1.807, 2.05) is 17.4 Å². The Labute approximate surface area is 197 Å². The molecule has 1 aromatic carbocycles. The number of piperidine rings is 1. The SMILES string of the molecule is C=CC(CCC=O)N1Cc2cc(C3CCN(CC(C=NC4CCC4)=NN)CC3)ccc2CO1.